The molecule has 4 amide bonds. The predicted octanol–water partition coefficient (Wildman–Crippen LogP) is 1.98. The summed E-state index contributed by atoms with van der Waals surface area (Å²) < 4.78 is 16.9. The fourth-order valence-electron chi connectivity index (χ4n) is 9.68. The molecule has 6 aliphatic rings. The average Bonchev–Trinajstić information content (AvgIpc) is 3.40. The largest absolute Gasteiger partial charge is 0.390 e. The molecule has 1 aromatic rings. The number of amides is 4. The van der Waals surface area contributed by atoms with Crippen LogP contribution in [-0.2, 0) is 19.2 Å². The van der Waals surface area contributed by atoms with Gasteiger partial charge in [-0.25, -0.2) is 4.39 Å². The van der Waals surface area contributed by atoms with Gasteiger partial charge in [0.2, 0.25) is 11.8 Å². The van der Waals surface area contributed by atoms with Gasteiger partial charge in [-0.15, -0.1) is 0 Å². The predicted molar refractivity (Wildman–Crippen MR) is 163 cm³/mol. The van der Waals surface area contributed by atoms with Crippen LogP contribution in [0.5, 0.6) is 0 Å². The van der Waals surface area contributed by atoms with Gasteiger partial charge in [-0.05, 0) is 75.1 Å². The second-order valence-electron chi connectivity index (χ2n) is 14.2. The summed E-state index contributed by atoms with van der Waals surface area (Å²) in [6.45, 7) is 4.48. The normalized spacial score (nSPS) is 40.4. The molecule has 0 bridgehead atoms. The van der Waals surface area contributed by atoms with E-state index < -0.39 is 76.2 Å². The van der Waals surface area contributed by atoms with Crippen LogP contribution in [0.3, 0.4) is 0 Å². The van der Waals surface area contributed by atoms with E-state index in [4.69, 9.17) is 0 Å². The van der Waals surface area contributed by atoms with Crippen molar-refractivity contribution >= 4 is 35.2 Å². The number of benzene rings is 1. The van der Waals surface area contributed by atoms with Crippen molar-refractivity contribution in [3.05, 3.63) is 59.2 Å². The van der Waals surface area contributed by atoms with E-state index in [-0.39, 0.29) is 36.9 Å². The molecule has 2 heterocycles. The first-order valence-electron chi connectivity index (χ1n) is 16.0. The SMILES string of the molecule is C[C@@H]1C[C@H]2[C@@H]3CCC4=CC(=O)C=C[C@]4(C)[C@@]3(F)[C@@H](O)C[C@]2(C)[C@@]1(O)C(=O)CO.O=C1CCC(N2C(=O)c3ccccc3C2=O)C(=O)N1. The van der Waals surface area contributed by atoms with Gasteiger partial charge < -0.3 is 15.3 Å². The number of aliphatic hydroxyl groups is 3. The molecule has 4 fully saturated rings. The zero-order chi connectivity index (χ0) is 34.3. The lowest BCUT2D eigenvalue weighted by Crippen LogP contribution is -2.69. The molecule has 11 nitrogen and oxygen atoms in total. The quantitative estimate of drug-likeness (QED) is 0.356. The van der Waals surface area contributed by atoms with Gasteiger partial charge in [0, 0.05) is 23.2 Å². The van der Waals surface area contributed by atoms with Crippen LogP contribution in [0.4, 0.5) is 4.39 Å². The van der Waals surface area contributed by atoms with Gasteiger partial charge in [0.15, 0.2) is 17.2 Å². The monoisotopic (exact) mass is 650 g/mol. The number of rotatable bonds is 3. The number of hydrogen-bond acceptors (Lipinski definition) is 9. The molecule has 4 aliphatic carbocycles. The number of imide groups is 2. The van der Waals surface area contributed by atoms with Gasteiger partial charge in [-0.2, -0.15) is 0 Å². The van der Waals surface area contributed by atoms with Crippen LogP contribution in [0, 0.1) is 28.6 Å². The Bertz CT molecular complexity index is 1640. The Morgan fingerprint density at radius 3 is 2.26 bits per heavy atom. The third kappa shape index (κ3) is 4.40. The van der Waals surface area contributed by atoms with Crippen molar-refractivity contribution in [1.82, 2.24) is 10.2 Å². The molecule has 0 radical (unpaired) electrons. The molecule has 4 N–H and O–H groups in total. The zero-order valence-electron chi connectivity index (χ0n) is 26.5. The van der Waals surface area contributed by atoms with E-state index in [0.717, 1.165) is 4.90 Å². The van der Waals surface area contributed by atoms with Crippen molar-refractivity contribution < 1.29 is 48.5 Å². The van der Waals surface area contributed by atoms with E-state index in [1.807, 2.05) is 0 Å². The summed E-state index contributed by atoms with van der Waals surface area (Å²) in [5, 5.41) is 34.1. The minimum atomic E-state index is -1.98. The Labute approximate surface area is 270 Å². The minimum absolute atomic E-state index is 0.0676. The van der Waals surface area contributed by atoms with Gasteiger partial charge in [0.05, 0.1) is 17.2 Å². The van der Waals surface area contributed by atoms with Crippen LogP contribution in [0.15, 0.2) is 48.1 Å². The van der Waals surface area contributed by atoms with Crippen LogP contribution in [-0.4, -0.2) is 85.4 Å². The van der Waals surface area contributed by atoms with E-state index in [2.05, 4.69) is 5.32 Å². The first kappa shape index (κ1) is 33.0. The number of Topliss-reactive ketones (excluding diaryl/α,β-unsaturated/α-hetero) is 1. The molecule has 47 heavy (non-hydrogen) atoms. The number of hydrogen-bond donors (Lipinski definition) is 4. The van der Waals surface area contributed by atoms with Crippen molar-refractivity contribution in [1.29, 1.82) is 0 Å². The summed E-state index contributed by atoms with van der Waals surface area (Å²) in [5.41, 5.74) is -4.56. The number of piperidine rings is 1. The van der Waals surface area contributed by atoms with Crippen molar-refractivity contribution in [2.45, 2.75) is 82.7 Å². The van der Waals surface area contributed by atoms with Crippen molar-refractivity contribution in [2.24, 2.45) is 28.6 Å². The maximum Gasteiger partial charge on any atom is 0.262 e. The van der Waals surface area contributed by atoms with Gasteiger partial charge in [-0.3, -0.25) is 39.0 Å². The number of ketones is 2. The maximum atomic E-state index is 16.9. The third-order valence-electron chi connectivity index (χ3n) is 12.1. The number of carbonyl (C=O) groups is 6. The van der Waals surface area contributed by atoms with E-state index >= 15 is 4.39 Å². The lowest BCUT2D eigenvalue weighted by Gasteiger charge is -2.62. The van der Waals surface area contributed by atoms with Gasteiger partial charge in [0.1, 0.15) is 18.2 Å². The van der Waals surface area contributed by atoms with Crippen LogP contribution in [0.1, 0.15) is 80.0 Å². The number of aliphatic hydroxyl groups excluding tert-OH is 2. The van der Waals surface area contributed by atoms with E-state index in [1.54, 1.807) is 51.1 Å². The number of allylic oxidation sites excluding steroid dienone is 4. The van der Waals surface area contributed by atoms with Crippen LogP contribution >= 0.6 is 0 Å². The summed E-state index contributed by atoms with van der Waals surface area (Å²) in [4.78, 5) is 72.5. The topological polar surface area (TPSA) is 178 Å². The van der Waals surface area contributed by atoms with Crippen molar-refractivity contribution in [3.63, 3.8) is 0 Å². The van der Waals surface area contributed by atoms with Crippen LogP contribution < -0.4 is 5.32 Å². The van der Waals surface area contributed by atoms with E-state index in [9.17, 15) is 44.1 Å². The lowest BCUT2D eigenvalue weighted by molar-refractivity contribution is -0.219. The molecule has 1 unspecified atom stereocenters. The summed E-state index contributed by atoms with van der Waals surface area (Å²) in [6, 6.07) is 5.55. The Kier molecular flexibility index (Phi) is 7.80. The zero-order valence-corrected chi connectivity index (χ0v) is 26.5. The van der Waals surface area contributed by atoms with Crippen LogP contribution in [0.2, 0.25) is 0 Å². The maximum absolute atomic E-state index is 16.9. The highest BCUT2D eigenvalue weighted by molar-refractivity contribution is 6.23. The lowest BCUT2D eigenvalue weighted by atomic mass is 9.44. The fraction of sp³-hybridized carbons (Fsp3) is 0.543. The van der Waals surface area contributed by atoms with Gasteiger partial charge in [-0.1, -0.05) is 37.6 Å². The summed E-state index contributed by atoms with van der Waals surface area (Å²) >= 11 is 0. The van der Waals surface area contributed by atoms with E-state index in [1.165, 1.54) is 12.2 Å². The molecule has 0 aromatic heterocycles. The van der Waals surface area contributed by atoms with Gasteiger partial charge >= 0.3 is 0 Å². The third-order valence-corrected chi connectivity index (χ3v) is 12.1. The smallest absolute Gasteiger partial charge is 0.262 e. The Balaban J connectivity index is 0.000000177. The van der Waals surface area contributed by atoms with Gasteiger partial charge in [0.25, 0.3) is 11.8 Å². The highest BCUT2D eigenvalue weighted by atomic mass is 19.1. The first-order valence-corrected chi connectivity index (χ1v) is 16.0. The molecule has 12 heteroatoms. The number of nitrogens with zero attached hydrogens (tertiary/aromatic N) is 1. The van der Waals surface area contributed by atoms with Crippen LogP contribution in [0.25, 0.3) is 0 Å². The molecule has 7 rings (SSSR count). The number of carbonyl (C=O) groups excluding carboxylic acids is 6. The summed E-state index contributed by atoms with van der Waals surface area (Å²) in [6.07, 6.45) is 4.74. The Hall–Kier alpha value is -3.87. The number of nitrogens with one attached hydrogen (secondary N) is 1. The molecule has 9 atom stereocenters. The molecule has 0 spiro atoms. The van der Waals surface area contributed by atoms with E-state index in [0.29, 0.717) is 36.0 Å². The first-order chi connectivity index (χ1) is 22.1. The minimum Gasteiger partial charge on any atom is -0.390 e. The molecule has 2 aliphatic heterocycles. The number of alkyl halides is 1. The molecule has 250 valence electrons. The molecule has 3 saturated carbocycles. The molecular formula is C35H39FN2O9. The second kappa shape index (κ2) is 11.1. The number of fused-ring (bicyclic) bond motifs is 6. The highest BCUT2D eigenvalue weighted by Gasteiger charge is 2.75. The highest BCUT2D eigenvalue weighted by Crippen LogP contribution is 2.70. The summed E-state index contributed by atoms with van der Waals surface area (Å²) in [5.74, 6) is -4.04. The molecule has 1 saturated heterocycles. The Morgan fingerprint density at radius 1 is 1.02 bits per heavy atom. The standard InChI is InChI=1S/C22H29FO5.C13H10N2O4/c1-12-8-16-15-5-4-13-9-14(25)6-7-19(13,2)21(15,23)17(26)10-20(16,3)22(12,28)18(27)11-24;16-10-6-5-9(11(17)14-10)15-12(18)7-3-1-2-4-8(7)13(15)19/h6-7,9,12,15-17,24,26,28H,4-5,8,10-11H2,1-3H3;1-4,9H,5-6H2,(H,14,16,17)/t12-,15+,16+,17+,19+,20+,21+,22+;/m1./s1. The van der Waals surface area contributed by atoms with Crippen molar-refractivity contribution in [3.8, 4) is 0 Å². The average molecular weight is 651 g/mol. The summed E-state index contributed by atoms with van der Waals surface area (Å²) in [7, 11) is 0. The Morgan fingerprint density at radius 2 is 1.66 bits per heavy atom. The number of halogens is 1. The second-order valence-corrected chi connectivity index (χ2v) is 14.2. The fourth-order valence-corrected chi connectivity index (χ4v) is 9.68. The molecular weight excluding hydrogens is 611 g/mol. The van der Waals surface area contributed by atoms with Crippen molar-refractivity contribution in [2.75, 3.05) is 6.61 Å². The molecule has 1 aromatic carbocycles.